The number of carbonyl (C=O) groups is 1. The van der Waals surface area contributed by atoms with Crippen LogP contribution < -0.4 is 5.32 Å². The lowest BCUT2D eigenvalue weighted by molar-refractivity contribution is -0.115. The summed E-state index contributed by atoms with van der Waals surface area (Å²) in [4.78, 5) is 16.7. The number of H-pyrrole nitrogens is 1. The van der Waals surface area contributed by atoms with Crippen molar-refractivity contribution in [1.82, 2.24) is 15.2 Å². The zero-order valence-corrected chi connectivity index (χ0v) is 16.6. The number of hydrogen-bond acceptors (Lipinski definition) is 4. The van der Waals surface area contributed by atoms with Crippen LogP contribution in [-0.4, -0.2) is 26.3 Å². The Balaban J connectivity index is 1.66. The highest BCUT2D eigenvalue weighted by molar-refractivity contribution is 9.10. The largest absolute Gasteiger partial charge is 0.325 e. The van der Waals surface area contributed by atoms with Crippen LogP contribution in [0.15, 0.2) is 52.1 Å². The fourth-order valence-corrected chi connectivity index (χ4v) is 3.48. The van der Waals surface area contributed by atoms with Gasteiger partial charge in [-0.1, -0.05) is 57.5 Å². The first-order valence-electron chi connectivity index (χ1n) is 7.54. The fraction of sp³-hybridized carbons (Fsp3) is 0.118. The van der Waals surface area contributed by atoms with E-state index in [1.807, 2.05) is 24.3 Å². The van der Waals surface area contributed by atoms with Crippen molar-refractivity contribution in [1.29, 1.82) is 0 Å². The summed E-state index contributed by atoms with van der Waals surface area (Å²) in [5.41, 5.74) is 1.31. The van der Waals surface area contributed by atoms with Gasteiger partial charge in [0.1, 0.15) is 5.82 Å². The van der Waals surface area contributed by atoms with Crippen molar-refractivity contribution in [2.24, 2.45) is 0 Å². The van der Waals surface area contributed by atoms with Gasteiger partial charge >= 0.3 is 0 Å². The molecule has 0 saturated heterocycles. The van der Waals surface area contributed by atoms with Crippen LogP contribution in [0.5, 0.6) is 0 Å². The monoisotopic (exact) mass is 454 g/mol. The number of amides is 1. The topological polar surface area (TPSA) is 70.7 Å². The maximum Gasteiger partial charge on any atom is 0.237 e. The van der Waals surface area contributed by atoms with E-state index >= 15 is 0 Å². The van der Waals surface area contributed by atoms with Crippen LogP contribution in [0.1, 0.15) is 6.92 Å². The molecule has 2 aromatic carbocycles. The Labute approximate surface area is 166 Å². The van der Waals surface area contributed by atoms with Gasteiger partial charge in [0.25, 0.3) is 0 Å². The molecule has 2 N–H and O–H groups in total. The molecule has 3 rings (SSSR count). The van der Waals surface area contributed by atoms with Gasteiger partial charge in [0.15, 0.2) is 5.82 Å². The third-order valence-electron chi connectivity index (χ3n) is 3.43. The van der Waals surface area contributed by atoms with E-state index in [4.69, 9.17) is 11.6 Å². The predicted octanol–water partition coefficient (Wildman–Crippen LogP) is 5.15. The molecule has 1 unspecified atom stereocenters. The summed E-state index contributed by atoms with van der Waals surface area (Å²) in [6, 6.07) is 11.7. The smallest absolute Gasteiger partial charge is 0.237 e. The molecule has 0 spiro atoms. The van der Waals surface area contributed by atoms with E-state index in [-0.39, 0.29) is 10.9 Å². The van der Waals surface area contributed by atoms with Gasteiger partial charge in [-0.05, 0) is 31.2 Å². The highest BCUT2D eigenvalue weighted by atomic mass is 79.9. The normalized spacial score (nSPS) is 12.0. The van der Waals surface area contributed by atoms with E-state index in [0.29, 0.717) is 16.7 Å². The minimum Gasteiger partial charge on any atom is -0.325 e. The number of carbonyl (C=O) groups excluding carboxylic acids is 1. The van der Waals surface area contributed by atoms with Crippen molar-refractivity contribution in [3.63, 3.8) is 0 Å². The lowest BCUT2D eigenvalue weighted by Crippen LogP contribution is -2.22. The van der Waals surface area contributed by atoms with Crippen molar-refractivity contribution in [3.8, 4) is 11.4 Å². The van der Waals surface area contributed by atoms with Crippen molar-refractivity contribution < 1.29 is 9.18 Å². The van der Waals surface area contributed by atoms with Crippen LogP contribution >= 0.6 is 39.3 Å². The minimum absolute atomic E-state index is 0.0462. The number of nitrogens with one attached hydrogen (secondary N) is 2. The Morgan fingerprint density at radius 1 is 1.35 bits per heavy atom. The van der Waals surface area contributed by atoms with E-state index in [1.54, 1.807) is 6.92 Å². The number of aromatic amines is 1. The second kappa shape index (κ2) is 8.20. The van der Waals surface area contributed by atoms with Gasteiger partial charge in [0.2, 0.25) is 11.1 Å². The molecule has 134 valence electrons. The zero-order chi connectivity index (χ0) is 18.7. The molecule has 1 atom stereocenters. The molecule has 5 nitrogen and oxygen atoms in total. The highest BCUT2D eigenvalue weighted by Gasteiger charge is 2.18. The Kier molecular flexibility index (Phi) is 5.95. The van der Waals surface area contributed by atoms with Crippen LogP contribution in [0.2, 0.25) is 5.02 Å². The summed E-state index contributed by atoms with van der Waals surface area (Å²) in [7, 11) is 0. The van der Waals surface area contributed by atoms with Crippen molar-refractivity contribution >= 4 is 50.9 Å². The zero-order valence-electron chi connectivity index (χ0n) is 13.5. The van der Waals surface area contributed by atoms with Crippen LogP contribution in [0.25, 0.3) is 11.4 Å². The molecule has 0 aliphatic heterocycles. The van der Waals surface area contributed by atoms with Crippen molar-refractivity contribution in [2.45, 2.75) is 17.3 Å². The van der Waals surface area contributed by atoms with Crippen LogP contribution in [0, 0.1) is 5.82 Å². The van der Waals surface area contributed by atoms with Gasteiger partial charge in [0, 0.05) is 15.7 Å². The highest BCUT2D eigenvalue weighted by Crippen LogP contribution is 2.28. The van der Waals surface area contributed by atoms with Crippen LogP contribution in [0.4, 0.5) is 10.1 Å². The fourth-order valence-electron chi connectivity index (χ4n) is 2.10. The molecular formula is C17H13BrClFN4OS. The summed E-state index contributed by atoms with van der Waals surface area (Å²) in [5, 5.41) is 9.66. The summed E-state index contributed by atoms with van der Waals surface area (Å²) in [6.45, 7) is 1.74. The van der Waals surface area contributed by atoms with E-state index < -0.39 is 11.1 Å². The average molecular weight is 456 g/mol. The second-order valence-electron chi connectivity index (χ2n) is 5.32. The predicted molar refractivity (Wildman–Crippen MR) is 105 cm³/mol. The summed E-state index contributed by atoms with van der Waals surface area (Å²) in [5.74, 6) is -0.185. The van der Waals surface area contributed by atoms with Gasteiger partial charge in [-0.25, -0.2) is 9.37 Å². The lowest BCUT2D eigenvalue weighted by atomic mass is 10.2. The number of nitrogens with zero attached hydrogens (tertiary/aromatic N) is 2. The summed E-state index contributed by atoms with van der Waals surface area (Å²) >= 11 is 10.4. The molecule has 0 radical (unpaired) electrons. The first-order valence-corrected chi connectivity index (χ1v) is 9.59. The van der Waals surface area contributed by atoms with Crippen molar-refractivity contribution in [2.75, 3.05) is 5.32 Å². The molecule has 3 aromatic rings. The third-order valence-corrected chi connectivity index (χ3v) is 5.37. The van der Waals surface area contributed by atoms with E-state index in [1.165, 1.54) is 30.0 Å². The molecule has 1 heterocycles. The van der Waals surface area contributed by atoms with E-state index in [0.717, 1.165) is 10.0 Å². The van der Waals surface area contributed by atoms with Gasteiger partial charge in [-0.2, -0.15) is 0 Å². The molecule has 0 aliphatic rings. The van der Waals surface area contributed by atoms with Crippen molar-refractivity contribution in [3.05, 3.63) is 57.8 Å². The SMILES string of the molecule is CC(Sc1n[nH]c(-c2ccccc2Br)n1)C(=O)Nc1ccc(F)c(Cl)c1. The van der Waals surface area contributed by atoms with Gasteiger partial charge in [-0.3, -0.25) is 9.89 Å². The standard InChI is InChI=1S/C17H13BrClFN4OS/c1-9(16(25)21-10-6-7-14(20)13(19)8-10)26-17-22-15(23-24-17)11-4-2-3-5-12(11)18/h2-9H,1H3,(H,21,25)(H,22,23,24). The number of aromatic nitrogens is 3. The molecule has 0 bridgehead atoms. The molecule has 9 heteroatoms. The Morgan fingerprint density at radius 3 is 2.85 bits per heavy atom. The van der Waals surface area contributed by atoms with Gasteiger partial charge in [0.05, 0.1) is 10.3 Å². The maximum atomic E-state index is 13.2. The van der Waals surface area contributed by atoms with E-state index in [2.05, 4.69) is 36.4 Å². The number of anilines is 1. The molecular weight excluding hydrogens is 443 g/mol. The first kappa shape index (κ1) is 18.9. The second-order valence-corrected chi connectivity index (χ2v) is 7.89. The lowest BCUT2D eigenvalue weighted by Gasteiger charge is -2.10. The van der Waals surface area contributed by atoms with E-state index in [9.17, 15) is 9.18 Å². The molecule has 1 aromatic heterocycles. The van der Waals surface area contributed by atoms with Gasteiger partial charge < -0.3 is 5.32 Å². The Morgan fingerprint density at radius 2 is 2.12 bits per heavy atom. The maximum absolute atomic E-state index is 13.2. The summed E-state index contributed by atoms with van der Waals surface area (Å²) < 4.78 is 14.1. The Bertz CT molecular complexity index is 952. The molecule has 26 heavy (non-hydrogen) atoms. The average Bonchev–Trinajstić information content (AvgIpc) is 3.06. The number of hydrogen-bond donors (Lipinski definition) is 2. The third kappa shape index (κ3) is 4.44. The number of benzene rings is 2. The summed E-state index contributed by atoms with van der Waals surface area (Å²) in [6.07, 6.45) is 0. The van der Waals surface area contributed by atoms with Crippen LogP contribution in [0.3, 0.4) is 0 Å². The Hall–Kier alpha value is -1.90. The molecule has 0 aliphatic carbocycles. The van der Waals surface area contributed by atoms with Crippen LogP contribution in [-0.2, 0) is 4.79 Å². The molecule has 0 saturated carbocycles. The molecule has 1 amide bonds. The first-order chi connectivity index (χ1) is 12.4. The number of rotatable bonds is 5. The minimum atomic E-state index is -0.535. The number of thioether (sulfide) groups is 1. The van der Waals surface area contributed by atoms with Gasteiger partial charge in [-0.15, -0.1) is 5.10 Å². The quantitative estimate of drug-likeness (QED) is 0.522. The molecule has 0 fully saturated rings. The number of halogens is 3.